The molecule has 0 fully saturated rings. The van der Waals surface area contributed by atoms with E-state index >= 15 is 0 Å². The molecule has 1 heterocycles. The van der Waals surface area contributed by atoms with Gasteiger partial charge >= 0.3 is 11.8 Å². The number of nitrogens with one attached hydrogen (secondary N) is 3. The average molecular weight is 574 g/mol. The van der Waals surface area contributed by atoms with Gasteiger partial charge < -0.3 is 10.6 Å². The minimum absolute atomic E-state index is 0.103. The van der Waals surface area contributed by atoms with Gasteiger partial charge in [-0.05, 0) is 55.0 Å². The summed E-state index contributed by atoms with van der Waals surface area (Å²) in [5.41, 5.74) is 4.40. The highest BCUT2D eigenvalue weighted by Gasteiger charge is 2.22. The first-order chi connectivity index (χ1) is 16.7. The van der Waals surface area contributed by atoms with Gasteiger partial charge in [0.25, 0.3) is 5.91 Å². The zero-order valence-electron chi connectivity index (χ0n) is 18.3. The van der Waals surface area contributed by atoms with E-state index in [-0.39, 0.29) is 11.7 Å². The van der Waals surface area contributed by atoms with Crippen molar-refractivity contribution in [3.05, 3.63) is 98.6 Å². The highest BCUT2D eigenvalue weighted by atomic mass is 79.9. The lowest BCUT2D eigenvalue weighted by atomic mass is 10.1. The molecule has 178 valence electrons. The average Bonchev–Trinajstić information content (AvgIpc) is 3.16. The number of benzene rings is 3. The van der Waals surface area contributed by atoms with Gasteiger partial charge in [-0.1, -0.05) is 69.5 Å². The van der Waals surface area contributed by atoms with E-state index in [9.17, 15) is 14.4 Å². The molecule has 0 unspecified atom stereocenters. The number of hydrogen-bond acceptors (Lipinski definition) is 3. The molecule has 7 nitrogen and oxygen atoms in total. The minimum atomic E-state index is -0.923. The second-order valence-electron chi connectivity index (χ2n) is 7.73. The van der Waals surface area contributed by atoms with Crippen molar-refractivity contribution >= 4 is 73.4 Å². The quantitative estimate of drug-likeness (QED) is 0.259. The Labute approximate surface area is 219 Å². The largest absolute Gasteiger partial charge is 0.341 e. The van der Waals surface area contributed by atoms with Crippen molar-refractivity contribution in [3.8, 4) is 0 Å². The maximum atomic E-state index is 13.1. The van der Waals surface area contributed by atoms with E-state index in [1.807, 2.05) is 30.3 Å². The predicted octanol–water partition coefficient (Wildman–Crippen LogP) is 5.91. The fourth-order valence-electron chi connectivity index (χ4n) is 3.53. The number of fused-ring (bicyclic) bond motifs is 1. The normalized spacial score (nSPS) is 11.7. The van der Waals surface area contributed by atoms with Crippen LogP contribution < -0.4 is 16.1 Å². The molecular weight excluding hydrogens is 555 g/mol. The molecule has 0 spiro atoms. The lowest BCUT2D eigenvalue weighted by molar-refractivity contribution is -0.137. The lowest BCUT2D eigenvalue weighted by Crippen LogP contribution is -2.40. The second kappa shape index (κ2) is 10.5. The van der Waals surface area contributed by atoms with Crippen LogP contribution in [0.1, 0.15) is 29.0 Å². The van der Waals surface area contributed by atoms with Crippen LogP contribution in [0, 0.1) is 0 Å². The first-order valence-electron chi connectivity index (χ1n) is 10.5. The maximum absolute atomic E-state index is 13.1. The van der Waals surface area contributed by atoms with Crippen LogP contribution in [-0.2, 0) is 9.59 Å². The monoisotopic (exact) mass is 572 g/mol. The summed E-state index contributed by atoms with van der Waals surface area (Å²) in [7, 11) is 0. The van der Waals surface area contributed by atoms with Gasteiger partial charge in [0.15, 0.2) is 0 Å². The molecule has 3 N–H and O–H groups in total. The standard InChI is InChI=1S/C25H19BrCl2N4O3/c1-14(15-5-3-2-4-6-15)29-24(34)25(35)31-32-21-8-7-17(26)9-16(21)10-22(32)23(33)30-20-12-18(27)11-19(28)13-20/h2-14H,1H3,(H,29,34)(H,30,33)(H,31,35)/t14-/m0/s1. The molecule has 4 aromatic rings. The zero-order valence-corrected chi connectivity index (χ0v) is 21.4. The van der Waals surface area contributed by atoms with Crippen LogP contribution in [0.4, 0.5) is 5.69 Å². The molecule has 10 heteroatoms. The second-order valence-corrected chi connectivity index (χ2v) is 9.52. The van der Waals surface area contributed by atoms with Crippen molar-refractivity contribution in [2.45, 2.75) is 13.0 Å². The van der Waals surface area contributed by atoms with Crippen LogP contribution >= 0.6 is 39.1 Å². The highest BCUT2D eigenvalue weighted by Crippen LogP contribution is 2.26. The lowest BCUT2D eigenvalue weighted by Gasteiger charge is -2.16. The van der Waals surface area contributed by atoms with Gasteiger partial charge in [-0.3, -0.25) is 19.8 Å². The summed E-state index contributed by atoms with van der Waals surface area (Å²) < 4.78 is 2.06. The first kappa shape index (κ1) is 24.8. The molecule has 3 amide bonds. The Kier molecular flexibility index (Phi) is 7.45. The third-order valence-corrected chi connectivity index (χ3v) is 6.11. The number of rotatable bonds is 5. The van der Waals surface area contributed by atoms with Crippen molar-refractivity contribution in [1.82, 2.24) is 9.99 Å². The zero-order chi connectivity index (χ0) is 25.1. The molecular formula is C25H19BrCl2N4O3. The molecule has 0 saturated carbocycles. The number of carbonyl (C=O) groups is 3. The molecule has 0 saturated heterocycles. The van der Waals surface area contributed by atoms with Gasteiger partial charge in [-0.15, -0.1) is 0 Å². The highest BCUT2D eigenvalue weighted by molar-refractivity contribution is 9.10. The smallest absolute Gasteiger partial charge is 0.328 e. The molecule has 0 aliphatic heterocycles. The number of hydrogen-bond donors (Lipinski definition) is 3. The van der Waals surface area contributed by atoms with E-state index in [4.69, 9.17) is 23.2 Å². The topological polar surface area (TPSA) is 92.2 Å². The van der Waals surface area contributed by atoms with Crippen molar-refractivity contribution in [1.29, 1.82) is 0 Å². The summed E-state index contributed by atoms with van der Waals surface area (Å²) in [5.74, 6) is -2.30. The van der Waals surface area contributed by atoms with Gasteiger partial charge in [0.05, 0.1) is 11.6 Å². The fourth-order valence-corrected chi connectivity index (χ4v) is 4.44. The van der Waals surface area contributed by atoms with Gasteiger partial charge in [0, 0.05) is 25.6 Å². The van der Waals surface area contributed by atoms with Crippen LogP contribution in [0.3, 0.4) is 0 Å². The number of anilines is 1. The number of nitrogens with zero attached hydrogens (tertiary/aromatic N) is 1. The predicted molar refractivity (Wildman–Crippen MR) is 141 cm³/mol. The maximum Gasteiger partial charge on any atom is 0.328 e. The first-order valence-corrected chi connectivity index (χ1v) is 12.0. The molecule has 1 aromatic heterocycles. The van der Waals surface area contributed by atoms with Crippen molar-refractivity contribution < 1.29 is 14.4 Å². The van der Waals surface area contributed by atoms with Crippen LogP contribution in [-0.4, -0.2) is 22.4 Å². The minimum Gasteiger partial charge on any atom is -0.341 e. The van der Waals surface area contributed by atoms with Crippen LogP contribution in [0.2, 0.25) is 10.0 Å². The summed E-state index contributed by atoms with van der Waals surface area (Å²) >= 11 is 15.5. The molecule has 4 rings (SSSR count). The van der Waals surface area contributed by atoms with Crippen LogP contribution in [0.5, 0.6) is 0 Å². The van der Waals surface area contributed by atoms with E-state index in [0.29, 0.717) is 26.6 Å². The van der Waals surface area contributed by atoms with Crippen LogP contribution in [0.25, 0.3) is 10.9 Å². The number of amides is 3. The molecule has 35 heavy (non-hydrogen) atoms. The number of halogens is 3. The molecule has 0 aliphatic carbocycles. The SMILES string of the molecule is C[C@H](NC(=O)C(=O)Nn1c(C(=O)Nc2cc(Cl)cc(Cl)c2)cc2cc(Br)ccc21)c1ccccc1. The van der Waals surface area contributed by atoms with E-state index < -0.39 is 17.7 Å². The fraction of sp³-hybridized carbons (Fsp3) is 0.0800. The Morgan fingerprint density at radius 3 is 2.26 bits per heavy atom. The summed E-state index contributed by atoms with van der Waals surface area (Å²) in [6.07, 6.45) is 0. The molecule has 0 aliphatic rings. The van der Waals surface area contributed by atoms with E-state index in [1.165, 1.54) is 4.68 Å². The molecule has 1 atom stereocenters. The number of aromatic nitrogens is 1. The summed E-state index contributed by atoms with van der Waals surface area (Å²) in [6.45, 7) is 1.78. The third-order valence-electron chi connectivity index (χ3n) is 5.18. The van der Waals surface area contributed by atoms with Crippen LogP contribution in [0.15, 0.2) is 77.3 Å². The van der Waals surface area contributed by atoms with Crippen molar-refractivity contribution in [2.24, 2.45) is 0 Å². The van der Waals surface area contributed by atoms with Gasteiger partial charge in [0.1, 0.15) is 5.69 Å². The van der Waals surface area contributed by atoms with Crippen molar-refractivity contribution in [2.75, 3.05) is 10.7 Å². The van der Waals surface area contributed by atoms with Gasteiger partial charge in [-0.2, -0.15) is 0 Å². The van der Waals surface area contributed by atoms with E-state index in [1.54, 1.807) is 49.4 Å². The summed E-state index contributed by atoms with van der Waals surface area (Å²) in [5, 5.41) is 6.77. The summed E-state index contributed by atoms with van der Waals surface area (Å²) in [6, 6.07) is 20.4. The van der Waals surface area contributed by atoms with Gasteiger partial charge in [0.2, 0.25) is 0 Å². The van der Waals surface area contributed by atoms with E-state index in [2.05, 4.69) is 32.0 Å². The van der Waals surface area contributed by atoms with E-state index in [0.717, 1.165) is 10.0 Å². The van der Waals surface area contributed by atoms with Gasteiger partial charge in [-0.25, -0.2) is 4.68 Å². The van der Waals surface area contributed by atoms with Crippen molar-refractivity contribution in [3.63, 3.8) is 0 Å². The molecule has 0 bridgehead atoms. The Hall–Kier alpha value is -3.33. The third kappa shape index (κ3) is 5.85. The molecule has 0 radical (unpaired) electrons. The Bertz CT molecular complexity index is 1420. The summed E-state index contributed by atoms with van der Waals surface area (Å²) in [4.78, 5) is 38.6. The molecule has 3 aromatic carbocycles. The Morgan fingerprint density at radius 2 is 1.57 bits per heavy atom. The Balaban J connectivity index is 1.60. The number of carbonyl (C=O) groups excluding carboxylic acids is 3. The Morgan fingerprint density at radius 1 is 0.886 bits per heavy atom.